The second-order valence-electron chi connectivity index (χ2n) is 20.2. The number of allylic oxidation sites excluding steroid dienone is 5. The van der Waals surface area contributed by atoms with Gasteiger partial charge in [-0.1, -0.05) is 92.1 Å². The summed E-state index contributed by atoms with van der Waals surface area (Å²) in [5, 5.41) is 51.7. The molecule has 12 nitrogen and oxygen atoms in total. The number of hydrogen-bond acceptors (Lipinski definition) is 10. The number of ketones is 1. The van der Waals surface area contributed by atoms with E-state index in [0.29, 0.717) is 72.0 Å². The number of nitrogens with one attached hydrogen (secondary N) is 1. The number of methoxy groups -OCH3 is 1. The number of guanidine groups is 1. The van der Waals surface area contributed by atoms with E-state index in [1.165, 1.54) is 5.56 Å². The zero-order valence-corrected chi connectivity index (χ0v) is 43.4. The molecular weight excluding hydrogens is 943 g/mol. The fourth-order valence-electron chi connectivity index (χ4n) is 11.3. The second-order valence-corrected chi connectivity index (χ2v) is 20.2. The molecule has 0 fully saturated rings. The van der Waals surface area contributed by atoms with Crippen molar-refractivity contribution in [3.05, 3.63) is 171 Å². The van der Waals surface area contributed by atoms with Crippen molar-refractivity contribution in [2.45, 2.75) is 108 Å². The number of anilines is 1. The number of aliphatic hydroxyl groups excluding tert-OH is 2. The largest absolute Gasteiger partial charge is 0.508 e. The maximum absolute atomic E-state index is 14.2. The first-order valence-corrected chi connectivity index (χ1v) is 26.3. The van der Waals surface area contributed by atoms with Crippen LogP contribution in [0.3, 0.4) is 0 Å². The molecular formula is C63H69N3O9. The standard InChI is InChI=1S/C63H69N3O9/c1-5-73-26-24-40-11-8-14-43(28-40)49-22-19-44-31-42(13-7-6-10-39-12-9-15-46(29-39)66-63(64)65-3)45(33-56(44)68)32-48-34-47(67)20-17-41-18-23-58(72-4)59(30-41)75-37-55-50-21-16-38(2)52-36-57(69)61(51(49)25-27-74-48)54(60(50)52)35-53(55)62(70)71/h8-9,11-12,14-16,18-19,21-23,28-31,33,35-36,38,42,45,48-49,51,62,68-71H,5-7,10,13,17,20,24,26,32,34,37H2,1-4H3,(H3,64,65,66). The summed E-state index contributed by atoms with van der Waals surface area (Å²) in [6, 6.07) is 25.6. The molecule has 5 aromatic rings. The molecule has 390 valence electrons. The molecule has 0 saturated heterocycles. The summed E-state index contributed by atoms with van der Waals surface area (Å²) in [7, 11) is 3.22. The molecule has 0 amide bonds. The molecule has 6 atom stereocenters. The van der Waals surface area contributed by atoms with Gasteiger partial charge in [0.2, 0.25) is 0 Å². The van der Waals surface area contributed by atoms with Gasteiger partial charge in [-0.2, -0.15) is 0 Å². The average molecular weight is 1010 g/mol. The number of ether oxygens (including phenoxy) is 4. The van der Waals surface area contributed by atoms with E-state index in [2.05, 4.69) is 65.7 Å². The molecule has 7 N–H and O–H groups in total. The number of benzene rings is 5. The summed E-state index contributed by atoms with van der Waals surface area (Å²) < 4.78 is 24.8. The minimum absolute atomic E-state index is 0.000463. The summed E-state index contributed by atoms with van der Waals surface area (Å²) in [5.41, 5.74) is 14.4. The van der Waals surface area contributed by atoms with Crippen LogP contribution in [0.15, 0.2) is 126 Å². The molecule has 4 heterocycles. The normalized spacial score (nSPS) is 21.5. The first-order valence-electron chi connectivity index (χ1n) is 26.3. The quantitative estimate of drug-likeness (QED) is 0.0217. The molecule has 4 aliphatic heterocycles. The third-order valence-corrected chi connectivity index (χ3v) is 15.2. The van der Waals surface area contributed by atoms with E-state index < -0.39 is 24.2 Å². The molecule has 6 unspecified atom stereocenters. The first kappa shape index (κ1) is 52.6. The van der Waals surface area contributed by atoms with Crippen LogP contribution in [0.4, 0.5) is 5.69 Å². The van der Waals surface area contributed by atoms with Crippen LogP contribution < -0.4 is 20.5 Å². The third-order valence-electron chi connectivity index (χ3n) is 15.2. The van der Waals surface area contributed by atoms with Gasteiger partial charge in [-0.05, 0) is 144 Å². The average Bonchev–Trinajstić information content (AvgIpc) is 3.43. The van der Waals surface area contributed by atoms with Gasteiger partial charge in [-0.15, -0.1) is 0 Å². The smallest absolute Gasteiger partial charge is 0.192 e. The SMILES string of the molecule is CCOCCc1cccc(C2C=CC3=CC(CCCCc4cccc(NC(N)=NC)c4)C(C=C3O)CC3CC(=O)CCc4ccc(OC)c(c4)OCc4c(C(O)O)cc5c(c(O)cc6c5c4C=CC6C)C2C#CO3)c1. The number of Topliss-reactive ketones (excluding diaryl/α,β-unsaturated/α-hetero) is 1. The van der Waals surface area contributed by atoms with Gasteiger partial charge >= 0.3 is 0 Å². The maximum Gasteiger partial charge on any atom is 0.192 e. The lowest BCUT2D eigenvalue weighted by molar-refractivity contribution is -0.121. The maximum atomic E-state index is 14.2. The topological polar surface area (TPSA) is 185 Å². The van der Waals surface area contributed by atoms with E-state index in [4.69, 9.17) is 24.7 Å². The fraction of sp³-hybridized carbons (Fsp3) is 0.365. The Balaban J connectivity index is 1.20. The van der Waals surface area contributed by atoms with Crippen molar-refractivity contribution in [2.24, 2.45) is 22.6 Å². The molecule has 0 aromatic heterocycles. The number of aliphatic hydroxyl groups is 3. The van der Waals surface area contributed by atoms with Crippen LogP contribution in [0.25, 0.3) is 16.8 Å². The fourth-order valence-corrected chi connectivity index (χ4v) is 11.3. The van der Waals surface area contributed by atoms with E-state index in [1.54, 1.807) is 20.2 Å². The Morgan fingerprint density at radius 2 is 1.79 bits per heavy atom. The molecule has 0 spiro atoms. The number of unbranched alkanes of at least 4 members (excludes halogenated alkanes) is 1. The molecule has 2 aliphatic carbocycles. The van der Waals surface area contributed by atoms with Crippen LogP contribution >= 0.6 is 0 Å². The van der Waals surface area contributed by atoms with Gasteiger partial charge in [0.1, 0.15) is 36.1 Å². The highest BCUT2D eigenvalue weighted by atomic mass is 16.5. The van der Waals surface area contributed by atoms with Crippen LogP contribution in [-0.4, -0.2) is 65.6 Å². The summed E-state index contributed by atoms with van der Waals surface area (Å²) in [6.45, 7) is 5.14. The Morgan fingerprint density at radius 3 is 2.59 bits per heavy atom. The molecule has 5 aromatic carbocycles. The van der Waals surface area contributed by atoms with Crippen molar-refractivity contribution >= 4 is 34.3 Å². The van der Waals surface area contributed by atoms with Gasteiger partial charge in [-0.25, -0.2) is 0 Å². The van der Waals surface area contributed by atoms with Crippen LogP contribution in [-0.2, 0) is 40.1 Å². The number of carbonyl (C=O) groups excluding carboxylic acids is 1. The number of phenols is 1. The van der Waals surface area contributed by atoms with Gasteiger partial charge < -0.3 is 50.4 Å². The number of fused-ring (bicyclic) bond motifs is 7. The molecule has 10 bridgehead atoms. The number of carbonyl (C=O) groups is 1. The highest BCUT2D eigenvalue weighted by Gasteiger charge is 2.34. The molecule has 0 saturated carbocycles. The van der Waals surface area contributed by atoms with E-state index in [1.807, 2.05) is 79.8 Å². The predicted molar refractivity (Wildman–Crippen MR) is 295 cm³/mol. The van der Waals surface area contributed by atoms with Crippen molar-refractivity contribution in [1.29, 1.82) is 0 Å². The number of aliphatic imine (C=N–C) groups is 1. The Hall–Kier alpha value is -7.30. The van der Waals surface area contributed by atoms with Crippen molar-refractivity contribution in [3.63, 3.8) is 0 Å². The van der Waals surface area contributed by atoms with Crippen LogP contribution in [0.5, 0.6) is 17.2 Å². The van der Waals surface area contributed by atoms with E-state index in [-0.39, 0.29) is 60.1 Å². The summed E-state index contributed by atoms with van der Waals surface area (Å²) in [5.74, 6) is 3.32. The second kappa shape index (κ2) is 23.9. The van der Waals surface area contributed by atoms with Gasteiger partial charge in [0.25, 0.3) is 0 Å². The number of aromatic hydroxyl groups is 1. The first-order chi connectivity index (χ1) is 36.4. The Bertz CT molecular complexity index is 3140. The van der Waals surface area contributed by atoms with Crippen molar-refractivity contribution in [2.75, 3.05) is 32.7 Å². The number of rotatable bonds is 13. The van der Waals surface area contributed by atoms with Gasteiger partial charge in [-0.3, -0.25) is 9.79 Å². The number of phenolic OH excluding ortho intramolecular Hbond substituents is 1. The van der Waals surface area contributed by atoms with E-state index >= 15 is 0 Å². The van der Waals surface area contributed by atoms with Crippen LogP contribution in [0, 0.1) is 23.9 Å². The van der Waals surface area contributed by atoms with Crippen molar-refractivity contribution < 1.29 is 44.2 Å². The zero-order valence-electron chi connectivity index (χ0n) is 43.4. The molecule has 6 aliphatic rings. The van der Waals surface area contributed by atoms with Crippen LogP contribution in [0.1, 0.15) is 126 Å². The van der Waals surface area contributed by atoms with Gasteiger partial charge in [0, 0.05) is 66.3 Å². The number of nitrogens with zero attached hydrogens (tertiary/aromatic N) is 1. The molecule has 12 heteroatoms. The number of nitrogens with two attached hydrogens (primary N) is 1. The summed E-state index contributed by atoms with van der Waals surface area (Å²) in [4.78, 5) is 18.3. The molecule has 75 heavy (non-hydrogen) atoms. The van der Waals surface area contributed by atoms with Gasteiger partial charge in [0.15, 0.2) is 23.7 Å². The lowest BCUT2D eigenvalue weighted by Crippen LogP contribution is -2.25. The van der Waals surface area contributed by atoms with Crippen molar-refractivity contribution in [3.8, 4) is 29.3 Å². The van der Waals surface area contributed by atoms with Crippen molar-refractivity contribution in [1.82, 2.24) is 0 Å². The lowest BCUT2D eigenvalue weighted by Gasteiger charge is -2.30. The highest BCUT2D eigenvalue weighted by Crippen LogP contribution is 2.49. The lowest BCUT2D eigenvalue weighted by atomic mass is 9.74. The summed E-state index contributed by atoms with van der Waals surface area (Å²) >= 11 is 0. The minimum Gasteiger partial charge on any atom is -0.508 e. The number of hydrogen-bond donors (Lipinski definition) is 6. The molecule has 11 rings (SSSR count). The van der Waals surface area contributed by atoms with E-state index in [0.717, 1.165) is 64.6 Å². The minimum atomic E-state index is -1.91. The summed E-state index contributed by atoms with van der Waals surface area (Å²) in [6.07, 6.45) is 18.1. The Morgan fingerprint density at radius 1 is 0.960 bits per heavy atom. The zero-order chi connectivity index (χ0) is 52.6. The monoisotopic (exact) mass is 1010 g/mol. The number of aryl methyl sites for hydroxylation is 2. The third kappa shape index (κ3) is 12.1. The molecule has 0 radical (unpaired) electrons. The predicted octanol–water partition coefficient (Wildman–Crippen LogP) is 11.3. The van der Waals surface area contributed by atoms with Gasteiger partial charge in [0.05, 0.1) is 19.6 Å². The van der Waals surface area contributed by atoms with E-state index in [9.17, 15) is 25.2 Å². The Labute approximate surface area is 440 Å². The highest BCUT2D eigenvalue weighted by molar-refractivity contribution is 6.01. The van der Waals surface area contributed by atoms with Crippen LogP contribution in [0.2, 0.25) is 0 Å². The Kier molecular flexibility index (Phi) is 16.8.